The maximum absolute atomic E-state index is 13.4. The number of aromatic hydroxyl groups is 2. The minimum atomic E-state index is -1.73. The van der Waals surface area contributed by atoms with Crippen molar-refractivity contribution in [2.45, 2.75) is 30.7 Å². The summed E-state index contributed by atoms with van der Waals surface area (Å²) in [6, 6.07) is 3.83. The van der Waals surface area contributed by atoms with Crippen LogP contribution in [0, 0.1) is 0 Å². The smallest absolute Gasteiger partial charge is 0.229 e. The molecule has 0 saturated carbocycles. The second-order valence-electron chi connectivity index (χ2n) is 8.15. The highest BCUT2D eigenvalue weighted by Gasteiger charge is 2.45. The second kappa shape index (κ2) is 10.3. The van der Waals surface area contributed by atoms with Crippen molar-refractivity contribution >= 4 is 11.0 Å². The summed E-state index contributed by atoms with van der Waals surface area (Å²) in [7, 11) is 3.91. The number of hydrogen-bond donors (Lipinski definition) is 6. The molecule has 13 heteroatoms. The Hall–Kier alpha value is -3.75. The highest BCUT2D eigenvalue weighted by Crippen LogP contribution is 2.44. The van der Waals surface area contributed by atoms with E-state index >= 15 is 0 Å². The molecule has 200 valence electrons. The maximum Gasteiger partial charge on any atom is 0.229 e. The van der Waals surface area contributed by atoms with E-state index in [2.05, 4.69) is 0 Å². The van der Waals surface area contributed by atoms with Crippen LogP contribution in [0.2, 0.25) is 0 Å². The van der Waals surface area contributed by atoms with Crippen LogP contribution in [0.25, 0.3) is 22.1 Å². The monoisotopic (exact) mass is 522 g/mol. The van der Waals surface area contributed by atoms with Crippen molar-refractivity contribution in [3.8, 4) is 45.6 Å². The number of aliphatic hydroxyl groups excluding tert-OH is 4. The number of aliphatic hydroxyl groups is 4. The van der Waals surface area contributed by atoms with Crippen LogP contribution in [-0.2, 0) is 4.74 Å². The van der Waals surface area contributed by atoms with Crippen molar-refractivity contribution in [1.82, 2.24) is 0 Å². The zero-order chi connectivity index (χ0) is 27.0. The fourth-order valence-corrected chi connectivity index (χ4v) is 4.08. The van der Waals surface area contributed by atoms with E-state index in [0.717, 1.165) is 6.26 Å². The quantitative estimate of drug-likeness (QED) is 0.244. The minimum Gasteiger partial charge on any atom is -0.504 e. The Bertz CT molecular complexity index is 1350. The summed E-state index contributed by atoms with van der Waals surface area (Å²) in [4.78, 5) is 13.4. The average molecular weight is 522 g/mol. The van der Waals surface area contributed by atoms with E-state index in [1.165, 1.54) is 39.5 Å². The fourth-order valence-electron chi connectivity index (χ4n) is 4.08. The van der Waals surface area contributed by atoms with E-state index in [4.69, 9.17) is 28.1 Å². The predicted molar refractivity (Wildman–Crippen MR) is 125 cm³/mol. The van der Waals surface area contributed by atoms with Crippen molar-refractivity contribution in [2.75, 3.05) is 27.9 Å². The Morgan fingerprint density at radius 2 is 1.57 bits per heavy atom. The summed E-state index contributed by atoms with van der Waals surface area (Å²) in [6.45, 7) is -0.674. The third-order valence-electron chi connectivity index (χ3n) is 6.05. The van der Waals surface area contributed by atoms with Crippen LogP contribution in [0.5, 0.6) is 34.5 Å². The molecule has 4 rings (SSSR count). The summed E-state index contributed by atoms with van der Waals surface area (Å²) in [5.41, 5.74) is -0.721. The van der Waals surface area contributed by atoms with Crippen molar-refractivity contribution in [2.24, 2.45) is 0 Å². The molecule has 0 unspecified atom stereocenters. The van der Waals surface area contributed by atoms with Crippen LogP contribution < -0.4 is 24.4 Å². The van der Waals surface area contributed by atoms with Crippen LogP contribution in [0.1, 0.15) is 0 Å². The minimum absolute atomic E-state index is 0.0535. The molecule has 0 spiro atoms. The molecule has 2 aromatic carbocycles. The standard InChI is InChI=1S/C24H26O13/c1-32-12-5-13(33-2)11(26)4-9(12)10-8-35-14-6-15(23(34-3)20(29)17(14)18(10)27)36-24-22(31)21(30)19(28)16(7-25)37-24/h4-6,8,16,19,21-22,24-26,28-31H,7H2,1-3H3/t16-,19-,21-,22+,24-/m1/s1. The Morgan fingerprint density at radius 3 is 2.19 bits per heavy atom. The summed E-state index contributed by atoms with van der Waals surface area (Å²) < 4.78 is 32.1. The van der Waals surface area contributed by atoms with Crippen LogP contribution in [-0.4, -0.2) is 89.3 Å². The molecule has 0 aliphatic carbocycles. The lowest BCUT2D eigenvalue weighted by Gasteiger charge is -2.39. The fraction of sp³-hybridized carbons (Fsp3) is 0.375. The van der Waals surface area contributed by atoms with Crippen LogP contribution in [0.3, 0.4) is 0 Å². The maximum atomic E-state index is 13.4. The normalized spacial score (nSPS) is 23.6. The molecule has 6 N–H and O–H groups in total. The van der Waals surface area contributed by atoms with Gasteiger partial charge in [0.2, 0.25) is 17.5 Å². The lowest BCUT2D eigenvalue weighted by molar-refractivity contribution is -0.277. The molecule has 0 bridgehead atoms. The molecule has 1 aromatic heterocycles. The third-order valence-corrected chi connectivity index (χ3v) is 6.05. The Morgan fingerprint density at radius 1 is 0.865 bits per heavy atom. The molecule has 3 aromatic rings. The van der Waals surface area contributed by atoms with E-state index < -0.39 is 48.5 Å². The number of rotatable bonds is 7. The predicted octanol–water partition coefficient (Wildman–Crippen LogP) is 0.0757. The van der Waals surface area contributed by atoms with Crippen LogP contribution in [0.15, 0.2) is 33.7 Å². The van der Waals surface area contributed by atoms with Gasteiger partial charge in [0.15, 0.2) is 23.0 Å². The van der Waals surface area contributed by atoms with E-state index in [1.54, 1.807) is 0 Å². The van der Waals surface area contributed by atoms with Gasteiger partial charge in [-0.3, -0.25) is 4.79 Å². The molecule has 13 nitrogen and oxygen atoms in total. The molecule has 0 radical (unpaired) electrons. The van der Waals surface area contributed by atoms with Gasteiger partial charge in [0.1, 0.15) is 47.4 Å². The van der Waals surface area contributed by atoms with Crippen molar-refractivity contribution in [1.29, 1.82) is 0 Å². The molecule has 0 amide bonds. The Labute approximate surface area is 209 Å². The van der Waals surface area contributed by atoms with E-state index in [-0.39, 0.29) is 50.8 Å². The summed E-state index contributed by atoms with van der Waals surface area (Å²) in [5.74, 6) is -1.17. The number of ether oxygens (including phenoxy) is 5. The number of fused-ring (bicyclic) bond motifs is 1. The first-order chi connectivity index (χ1) is 17.7. The number of benzene rings is 2. The molecule has 37 heavy (non-hydrogen) atoms. The number of phenols is 2. The van der Waals surface area contributed by atoms with E-state index in [9.17, 15) is 35.4 Å². The first kappa shape index (κ1) is 26.3. The molecule has 1 saturated heterocycles. The molecule has 1 fully saturated rings. The molecule has 1 aliphatic rings. The number of phenolic OH excluding ortho intramolecular Hbond substituents is 2. The lowest BCUT2D eigenvalue weighted by Crippen LogP contribution is -2.60. The molecule has 1 aliphatic heterocycles. The van der Waals surface area contributed by atoms with Crippen LogP contribution >= 0.6 is 0 Å². The average Bonchev–Trinajstić information content (AvgIpc) is 2.89. The van der Waals surface area contributed by atoms with Gasteiger partial charge in [-0.1, -0.05) is 0 Å². The summed E-state index contributed by atoms with van der Waals surface area (Å²) in [6.07, 6.45) is -6.76. The second-order valence-corrected chi connectivity index (χ2v) is 8.15. The zero-order valence-corrected chi connectivity index (χ0v) is 19.9. The zero-order valence-electron chi connectivity index (χ0n) is 19.9. The molecular formula is C24H26O13. The number of methoxy groups -OCH3 is 3. The summed E-state index contributed by atoms with van der Waals surface area (Å²) in [5, 5.41) is 60.5. The van der Waals surface area contributed by atoms with Gasteiger partial charge < -0.3 is 58.7 Å². The molecular weight excluding hydrogens is 496 g/mol. The van der Waals surface area contributed by atoms with Gasteiger partial charge in [0, 0.05) is 17.7 Å². The van der Waals surface area contributed by atoms with E-state index in [1.807, 2.05) is 0 Å². The first-order valence-electron chi connectivity index (χ1n) is 10.9. The van der Waals surface area contributed by atoms with Crippen molar-refractivity contribution in [3.05, 3.63) is 34.7 Å². The lowest BCUT2D eigenvalue weighted by atomic mass is 9.99. The van der Waals surface area contributed by atoms with Gasteiger partial charge in [-0.15, -0.1) is 0 Å². The molecule has 2 heterocycles. The number of hydrogen-bond acceptors (Lipinski definition) is 13. The first-order valence-corrected chi connectivity index (χ1v) is 10.9. The third kappa shape index (κ3) is 4.47. The Balaban J connectivity index is 1.81. The topological polar surface area (TPSA) is 198 Å². The highest BCUT2D eigenvalue weighted by atomic mass is 16.7. The van der Waals surface area contributed by atoms with Crippen LogP contribution in [0.4, 0.5) is 0 Å². The van der Waals surface area contributed by atoms with Gasteiger partial charge >= 0.3 is 0 Å². The van der Waals surface area contributed by atoms with Gasteiger partial charge in [-0.25, -0.2) is 0 Å². The summed E-state index contributed by atoms with van der Waals surface area (Å²) >= 11 is 0. The van der Waals surface area contributed by atoms with Crippen molar-refractivity contribution < 1.29 is 58.7 Å². The van der Waals surface area contributed by atoms with Crippen molar-refractivity contribution in [3.63, 3.8) is 0 Å². The molecule has 5 atom stereocenters. The van der Waals surface area contributed by atoms with Gasteiger partial charge in [0.25, 0.3) is 0 Å². The van der Waals surface area contributed by atoms with Gasteiger partial charge in [0.05, 0.1) is 33.5 Å². The van der Waals surface area contributed by atoms with E-state index in [0.29, 0.717) is 0 Å². The Kier molecular flexibility index (Phi) is 7.34. The van der Waals surface area contributed by atoms with Gasteiger partial charge in [-0.2, -0.15) is 0 Å². The highest BCUT2D eigenvalue weighted by molar-refractivity contribution is 5.92. The van der Waals surface area contributed by atoms with Gasteiger partial charge in [-0.05, 0) is 6.07 Å². The largest absolute Gasteiger partial charge is 0.504 e. The SMILES string of the molecule is COc1cc(OC)c(-c2coc3cc(O[C@@H]4O[C@H](CO)[C@@H](O)[C@@H](O)[C@@H]4O)c(OC)c(O)c3c2=O)cc1O.